The number of hydrogen-bond donors (Lipinski definition) is 1. The molecule has 2 rings (SSSR count). The summed E-state index contributed by atoms with van der Waals surface area (Å²) in [4.78, 5) is 27.5. The highest BCUT2D eigenvalue weighted by atomic mass is 35.5. The Morgan fingerprint density at radius 2 is 1.68 bits per heavy atom. The molecule has 0 spiro atoms. The van der Waals surface area contributed by atoms with Gasteiger partial charge in [-0.2, -0.15) is 0 Å². The van der Waals surface area contributed by atoms with Crippen LogP contribution in [0, 0.1) is 5.82 Å². The monoisotopic (exact) mass is 531 g/mol. The van der Waals surface area contributed by atoms with E-state index in [1.807, 2.05) is 0 Å². The number of rotatable bonds is 8. The van der Waals surface area contributed by atoms with E-state index in [0.29, 0.717) is 10.6 Å². The molecule has 0 heterocycles. The van der Waals surface area contributed by atoms with Crippen molar-refractivity contribution in [2.45, 2.75) is 45.8 Å². The fourth-order valence-electron chi connectivity index (χ4n) is 3.12. The van der Waals surface area contributed by atoms with Crippen LogP contribution in [0.2, 0.25) is 10.0 Å². The number of sulfonamides is 1. The normalized spacial score (nSPS) is 12.7. The average molecular weight is 532 g/mol. The Labute approximate surface area is 209 Å². The van der Waals surface area contributed by atoms with Crippen molar-refractivity contribution in [3.05, 3.63) is 63.9 Å². The van der Waals surface area contributed by atoms with Gasteiger partial charge in [0.05, 0.1) is 17.0 Å². The highest BCUT2D eigenvalue weighted by Gasteiger charge is 2.32. The summed E-state index contributed by atoms with van der Waals surface area (Å²) < 4.78 is 39.3. The molecule has 0 aromatic heterocycles. The maximum atomic E-state index is 13.4. The Hall–Kier alpha value is -2.36. The lowest BCUT2D eigenvalue weighted by molar-refractivity contribution is -0.140. The molecule has 0 radical (unpaired) electrons. The van der Waals surface area contributed by atoms with Crippen molar-refractivity contribution < 1.29 is 22.4 Å². The largest absolute Gasteiger partial charge is 0.350 e. The summed E-state index contributed by atoms with van der Waals surface area (Å²) >= 11 is 12.1. The van der Waals surface area contributed by atoms with Crippen molar-refractivity contribution in [2.24, 2.45) is 0 Å². The minimum atomic E-state index is -3.93. The lowest BCUT2D eigenvalue weighted by atomic mass is 10.1. The second-order valence-corrected chi connectivity index (χ2v) is 11.7. The molecule has 0 saturated carbocycles. The molecule has 1 atom stereocenters. The van der Waals surface area contributed by atoms with Crippen LogP contribution in [0.1, 0.15) is 33.3 Å². The minimum Gasteiger partial charge on any atom is -0.350 e. The second-order valence-electron chi connectivity index (χ2n) is 8.93. The molecular formula is C23H28Cl2FN3O4S. The molecule has 0 bridgehead atoms. The van der Waals surface area contributed by atoms with E-state index in [9.17, 15) is 22.4 Å². The molecule has 0 unspecified atom stereocenters. The van der Waals surface area contributed by atoms with Crippen molar-refractivity contribution in [3.8, 4) is 0 Å². The Bertz CT molecular complexity index is 1150. The van der Waals surface area contributed by atoms with Crippen molar-refractivity contribution in [1.29, 1.82) is 0 Å². The molecule has 2 aromatic rings. The zero-order chi connectivity index (χ0) is 25.8. The minimum absolute atomic E-state index is 0.0379. The summed E-state index contributed by atoms with van der Waals surface area (Å²) in [6, 6.07) is 8.76. The van der Waals surface area contributed by atoms with Gasteiger partial charge in [0.25, 0.3) is 0 Å². The smallest absolute Gasteiger partial charge is 0.244 e. The number of amides is 2. The maximum Gasteiger partial charge on any atom is 0.244 e. The van der Waals surface area contributed by atoms with Crippen molar-refractivity contribution in [1.82, 2.24) is 10.2 Å². The third kappa shape index (κ3) is 7.85. The van der Waals surface area contributed by atoms with Gasteiger partial charge >= 0.3 is 0 Å². The van der Waals surface area contributed by atoms with Gasteiger partial charge in [-0.1, -0.05) is 35.3 Å². The standard InChI is InChI=1S/C23H28Cl2FN3O4S/c1-15(22(31)27-23(2,3)4)28(13-16-6-9-18(26)10-7-16)21(30)14-29(34(5,32)33)20-11-8-17(24)12-19(20)25/h6-12,15H,13-14H2,1-5H3,(H,27,31)/t15-/m0/s1. The fourth-order valence-corrected chi connectivity index (χ4v) is 4.54. The zero-order valence-corrected chi connectivity index (χ0v) is 21.9. The average Bonchev–Trinajstić information content (AvgIpc) is 2.69. The summed E-state index contributed by atoms with van der Waals surface area (Å²) in [5.41, 5.74) is 0.0991. The first-order valence-corrected chi connectivity index (χ1v) is 13.0. The molecule has 11 heteroatoms. The molecule has 34 heavy (non-hydrogen) atoms. The van der Waals surface area contributed by atoms with Gasteiger partial charge < -0.3 is 10.2 Å². The summed E-state index contributed by atoms with van der Waals surface area (Å²) in [5.74, 6) is -1.50. The van der Waals surface area contributed by atoms with Crippen molar-refractivity contribution >= 4 is 50.7 Å². The highest BCUT2D eigenvalue weighted by Crippen LogP contribution is 2.30. The number of anilines is 1. The lowest BCUT2D eigenvalue weighted by Crippen LogP contribution is -2.54. The van der Waals surface area contributed by atoms with Gasteiger partial charge in [0.1, 0.15) is 18.4 Å². The van der Waals surface area contributed by atoms with Crippen LogP contribution in [-0.4, -0.2) is 49.5 Å². The third-order valence-corrected chi connectivity index (χ3v) is 6.45. The summed E-state index contributed by atoms with van der Waals surface area (Å²) in [7, 11) is -3.93. The van der Waals surface area contributed by atoms with Gasteiger partial charge in [-0.15, -0.1) is 0 Å². The van der Waals surface area contributed by atoms with Gasteiger partial charge in [-0.25, -0.2) is 12.8 Å². The number of nitrogens with one attached hydrogen (secondary N) is 1. The van der Waals surface area contributed by atoms with E-state index in [-0.39, 0.29) is 17.3 Å². The van der Waals surface area contributed by atoms with E-state index in [1.165, 1.54) is 47.4 Å². The zero-order valence-electron chi connectivity index (χ0n) is 19.6. The Morgan fingerprint density at radius 3 is 2.18 bits per heavy atom. The van der Waals surface area contributed by atoms with Crippen LogP contribution < -0.4 is 9.62 Å². The van der Waals surface area contributed by atoms with Crippen LogP contribution in [0.25, 0.3) is 0 Å². The number of benzene rings is 2. The van der Waals surface area contributed by atoms with Crippen LogP contribution in [-0.2, 0) is 26.2 Å². The van der Waals surface area contributed by atoms with E-state index < -0.39 is 45.8 Å². The Morgan fingerprint density at radius 1 is 1.09 bits per heavy atom. The summed E-state index contributed by atoms with van der Waals surface area (Å²) in [6.45, 7) is 6.31. The van der Waals surface area contributed by atoms with Crippen LogP contribution in [0.4, 0.5) is 10.1 Å². The number of carbonyl (C=O) groups excluding carboxylic acids is 2. The summed E-state index contributed by atoms with van der Waals surface area (Å²) in [5, 5.41) is 3.17. The number of halogens is 3. The molecule has 0 saturated heterocycles. The molecule has 2 aromatic carbocycles. The topological polar surface area (TPSA) is 86.8 Å². The van der Waals surface area contributed by atoms with Crippen LogP contribution >= 0.6 is 23.2 Å². The summed E-state index contributed by atoms with van der Waals surface area (Å²) in [6.07, 6.45) is 0.950. The van der Waals surface area contributed by atoms with Gasteiger partial charge in [0, 0.05) is 17.1 Å². The molecule has 0 aliphatic carbocycles. The molecule has 7 nitrogen and oxygen atoms in total. The molecule has 0 fully saturated rings. The highest BCUT2D eigenvalue weighted by molar-refractivity contribution is 7.92. The predicted molar refractivity (Wildman–Crippen MR) is 133 cm³/mol. The van der Waals surface area contributed by atoms with Crippen LogP contribution in [0.15, 0.2) is 42.5 Å². The molecular weight excluding hydrogens is 504 g/mol. The number of hydrogen-bond acceptors (Lipinski definition) is 4. The van der Waals surface area contributed by atoms with Gasteiger partial charge in [-0.05, 0) is 63.6 Å². The first kappa shape index (κ1) is 27.9. The van der Waals surface area contributed by atoms with E-state index in [1.54, 1.807) is 27.7 Å². The quantitative estimate of drug-likeness (QED) is 0.552. The molecule has 2 amide bonds. The number of carbonyl (C=O) groups is 2. The molecule has 0 aliphatic rings. The second kappa shape index (κ2) is 10.9. The van der Waals surface area contributed by atoms with E-state index in [0.717, 1.165) is 10.6 Å². The fraction of sp³-hybridized carbons (Fsp3) is 0.391. The maximum absolute atomic E-state index is 13.4. The lowest BCUT2D eigenvalue weighted by Gasteiger charge is -2.33. The van der Waals surface area contributed by atoms with Gasteiger partial charge in [-0.3, -0.25) is 13.9 Å². The molecule has 1 N–H and O–H groups in total. The SMILES string of the molecule is C[C@@H](C(=O)NC(C)(C)C)N(Cc1ccc(F)cc1)C(=O)CN(c1ccc(Cl)cc1Cl)S(C)(=O)=O. The number of nitrogens with zero attached hydrogens (tertiary/aromatic N) is 2. The first-order valence-electron chi connectivity index (χ1n) is 10.4. The van der Waals surface area contributed by atoms with Gasteiger partial charge in [0.15, 0.2) is 0 Å². The molecule has 0 aliphatic heterocycles. The van der Waals surface area contributed by atoms with E-state index in [2.05, 4.69) is 5.32 Å². The molecule has 186 valence electrons. The van der Waals surface area contributed by atoms with E-state index >= 15 is 0 Å². The van der Waals surface area contributed by atoms with E-state index in [4.69, 9.17) is 23.2 Å². The predicted octanol–water partition coefficient (Wildman–Crippen LogP) is 4.23. The van der Waals surface area contributed by atoms with Crippen LogP contribution in [0.5, 0.6) is 0 Å². The van der Waals surface area contributed by atoms with Gasteiger partial charge in [0.2, 0.25) is 21.8 Å². The van der Waals surface area contributed by atoms with Crippen molar-refractivity contribution in [3.63, 3.8) is 0 Å². The Balaban J connectivity index is 2.43. The Kier molecular flexibility index (Phi) is 8.96. The third-order valence-electron chi connectivity index (χ3n) is 4.79. The van der Waals surface area contributed by atoms with Crippen molar-refractivity contribution in [2.75, 3.05) is 17.1 Å². The first-order chi connectivity index (χ1) is 15.6. The van der Waals surface area contributed by atoms with Crippen LogP contribution in [0.3, 0.4) is 0 Å².